The van der Waals surface area contributed by atoms with Gasteiger partial charge in [-0.05, 0) is 31.9 Å². The average molecular weight is 291 g/mol. The van der Waals surface area contributed by atoms with Crippen molar-refractivity contribution in [1.29, 1.82) is 0 Å². The molecule has 1 aromatic heterocycles. The maximum absolute atomic E-state index is 13.6. The van der Waals surface area contributed by atoms with Crippen molar-refractivity contribution in [2.45, 2.75) is 25.9 Å². The molecule has 1 aliphatic heterocycles. The third-order valence-corrected chi connectivity index (χ3v) is 4.13. The maximum Gasteiger partial charge on any atom is 0.289 e. The van der Waals surface area contributed by atoms with Crippen molar-refractivity contribution in [2.75, 3.05) is 13.1 Å². The van der Waals surface area contributed by atoms with Crippen molar-refractivity contribution in [1.82, 2.24) is 4.90 Å². The summed E-state index contributed by atoms with van der Waals surface area (Å²) in [4.78, 5) is 14.2. The predicted molar refractivity (Wildman–Crippen MR) is 76.5 cm³/mol. The number of carbonyl (C=O) groups is 1. The lowest BCUT2D eigenvalue weighted by Gasteiger charge is -2.33. The molecule has 0 bridgehead atoms. The highest BCUT2D eigenvalue weighted by atomic mass is 19.1. The number of aliphatic hydroxyl groups is 1. The Balaban J connectivity index is 1.84. The molecule has 4 nitrogen and oxygen atoms in total. The summed E-state index contributed by atoms with van der Waals surface area (Å²) in [5.41, 5.74) is 0.116. The Morgan fingerprint density at radius 2 is 2.33 bits per heavy atom. The molecule has 0 aliphatic carbocycles. The standard InChI is InChI=1S/C16H18FNO3/c1-10(19)12-5-3-7-18(9-12)16(20)14-8-11-4-2-6-13(17)15(11)21-14/h2,4,6,8,10,12,19H,3,5,7,9H2,1H3. The van der Waals surface area contributed by atoms with E-state index in [0.717, 1.165) is 12.8 Å². The molecule has 5 heteroatoms. The van der Waals surface area contributed by atoms with Crippen molar-refractivity contribution < 1.29 is 18.7 Å². The van der Waals surface area contributed by atoms with Crippen LogP contribution in [0.1, 0.15) is 30.3 Å². The second-order valence-corrected chi connectivity index (χ2v) is 5.66. The van der Waals surface area contributed by atoms with Crippen molar-refractivity contribution in [3.63, 3.8) is 0 Å². The highest BCUT2D eigenvalue weighted by Crippen LogP contribution is 2.25. The summed E-state index contributed by atoms with van der Waals surface area (Å²) >= 11 is 0. The maximum atomic E-state index is 13.6. The first-order valence-electron chi connectivity index (χ1n) is 7.21. The Bertz CT molecular complexity index is 665. The summed E-state index contributed by atoms with van der Waals surface area (Å²) in [5.74, 6) is -0.465. The number of carbonyl (C=O) groups excluding carboxylic acids is 1. The highest BCUT2D eigenvalue weighted by Gasteiger charge is 2.28. The average Bonchev–Trinajstić information content (AvgIpc) is 2.92. The lowest BCUT2D eigenvalue weighted by Crippen LogP contribution is -2.42. The van der Waals surface area contributed by atoms with Gasteiger partial charge in [0.25, 0.3) is 5.91 Å². The van der Waals surface area contributed by atoms with Crippen molar-refractivity contribution >= 4 is 16.9 Å². The van der Waals surface area contributed by atoms with Gasteiger partial charge in [0.2, 0.25) is 0 Å². The molecule has 2 unspecified atom stereocenters. The largest absolute Gasteiger partial charge is 0.448 e. The van der Waals surface area contributed by atoms with Gasteiger partial charge in [-0.1, -0.05) is 12.1 Å². The molecule has 1 aromatic carbocycles. The number of halogens is 1. The van der Waals surface area contributed by atoms with E-state index in [1.54, 1.807) is 30.0 Å². The third-order valence-electron chi connectivity index (χ3n) is 4.13. The predicted octanol–water partition coefficient (Wildman–Crippen LogP) is 2.80. The monoisotopic (exact) mass is 291 g/mol. The topological polar surface area (TPSA) is 53.7 Å². The Hall–Kier alpha value is -1.88. The molecule has 2 aromatic rings. The van der Waals surface area contributed by atoms with E-state index in [4.69, 9.17) is 4.42 Å². The van der Waals surface area contributed by atoms with Crippen LogP contribution in [0.25, 0.3) is 11.0 Å². The zero-order valence-electron chi connectivity index (χ0n) is 11.9. The zero-order chi connectivity index (χ0) is 15.0. The number of para-hydroxylation sites is 1. The third kappa shape index (κ3) is 2.65. The van der Waals surface area contributed by atoms with Crippen LogP contribution < -0.4 is 0 Å². The molecule has 0 radical (unpaired) electrons. The lowest BCUT2D eigenvalue weighted by atomic mass is 9.93. The van der Waals surface area contributed by atoms with Gasteiger partial charge in [0.15, 0.2) is 17.2 Å². The fourth-order valence-electron chi connectivity index (χ4n) is 2.88. The van der Waals surface area contributed by atoms with Gasteiger partial charge in [-0.25, -0.2) is 4.39 Å². The second kappa shape index (κ2) is 5.48. The van der Waals surface area contributed by atoms with E-state index in [0.29, 0.717) is 18.5 Å². The van der Waals surface area contributed by atoms with Crippen LogP contribution in [0.4, 0.5) is 4.39 Å². The molecular formula is C16H18FNO3. The Morgan fingerprint density at radius 3 is 3.05 bits per heavy atom. The second-order valence-electron chi connectivity index (χ2n) is 5.66. The van der Waals surface area contributed by atoms with Gasteiger partial charge >= 0.3 is 0 Å². The van der Waals surface area contributed by atoms with Crippen molar-refractivity contribution in [3.05, 3.63) is 35.8 Å². The Kier molecular flexibility index (Phi) is 3.68. The van der Waals surface area contributed by atoms with Crippen LogP contribution >= 0.6 is 0 Å². The molecule has 2 atom stereocenters. The molecule has 21 heavy (non-hydrogen) atoms. The molecule has 3 rings (SSSR count). The number of hydrogen-bond donors (Lipinski definition) is 1. The number of piperidine rings is 1. The van der Waals surface area contributed by atoms with E-state index in [2.05, 4.69) is 0 Å². The molecular weight excluding hydrogens is 273 g/mol. The molecule has 112 valence electrons. The summed E-state index contributed by atoms with van der Waals surface area (Å²) in [7, 11) is 0. The summed E-state index contributed by atoms with van der Waals surface area (Å²) in [6.45, 7) is 2.90. The minimum absolute atomic E-state index is 0.0869. The summed E-state index contributed by atoms with van der Waals surface area (Å²) in [5, 5.41) is 10.3. The number of hydrogen-bond acceptors (Lipinski definition) is 3. The van der Waals surface area contributed by atoms with Crippen molar-refractivity contribution in [2.24, 2.45) is 5.92 Å². The van der Waals surface area contributed by atoms with Gasteiger partial charge in [-0.3, -0.25) is 4.79 Å². The fourth-order valence-corrected chi connectivity index (χ4v) is 2.88. The molecule has 2 heterocycles. The van der Waals surface area contributed by atoms with Crippen LogP contribution in [-0.4, -0.2) is 35.1 Å². The van der Waals surface area contributed by atoms with E-state index in [1.165, 1.54) is 6.07 Å². The number of benzene rings is 1. The van der Waals surface area contributed by atoms with Gasteiger partial charge in [0.05, 0.1) is 6.10 Å². The minimum atomic E-state index is -0.466. The molecule has 1 fully saturated rings. The smallest absolute Gasteiger partial charge is 0.289 e. The van der Waals surface area contributed by atoms with Gasteiger partial charge < -0.3 is 14.4 Å². The van der Waals surface area contributed by atoms with Crippen LogP contribution in [-0.2, 0) is 0 Å². The Morgan fingerprint density at radius 1 is 1.52 bits per heavy atom. The minimum Gasteiger partial charge on any atom is -0.448 e. The van der Waals surface area contributed by atoms with Crippen LogP contribution in [0.3, 0.4) is 0 Å². The number of furan rings is 1. The van der Waals surface area contributed by atoms with Crippen LogP contribution in [0.5, 0.6) is 0 Å². The molecule has 1 saturated heterocycles. The van der Waals surface area contributed by atoms with Gasteiger partial charge in [-0.15, -0.1) is 0 Å². The first-order chi connectivity index (χ1) is 10.1. The highest BCUT2D eigenvalue weighted by molar-refractivity contribution is 5.96. The Labute approximate surface area is 122 Å². The summed E-state index contributed by atoms with van der Waals surface area (Å²) in [6, 6.07) is 6.19. The molecule has 0 saturated carbocycles. The van der Waals surface area contributed by atoms with E-state index in [1.807, 2.05) is 0 Å². The van der Waals surface area contributed by atoms with Crippen molar-refractivity contribution in [3.8, 4) is 0 Å². The fraction of sp³-hybridized carbons (Fsp3) is 0.438. The number of likely N-dealkylation sites (tertiary alicyclic amines) is 1. The summed E-state index contributed by atoms with van der Waals surface area (Å²) < 4.78 is 19.0. The van der Waals surface area contributed by atoms with Crippen LogP contribution in [0, 0.1) is 11.7 Å². The first kappa shape index (κ1) is 14.1. The lowest BCUT2D eigenvalue weighted by molar-refractivity contribution is 0.0444. The van der Waals surface area contributed by atoms with E-state index in [9.17, 15) is 14.3 Å². The van der Waals surface area contributed by atoms with Crippen LogP contribution in [0.15, 0.2) is 28.7 Å². The molecule has 1 aliphatic rings. The van der Waals surface area contributed by atoms with Gasteiger partial charge in [0, 0.05) is 24.4 Å². The van der Waals surface area contributed by atoms with E-state index in [-0.39, 0.29) is 23.2 Å². The summed E-state index contributed by atoms with van der Waals surface area (Å²) in [6.07, 6.45) is 1.33. The number of amides is 1. The first-order valence-corrected chi connectivity index (χ1v) is 7.21. The number of aliphatic hydroxyl groups excluding tert-OH is 1. The SMILES string of the molecule is CC(O)C1CCCN(C(=O)c2cc3cccc(F)c3o2)C1. The number of fused-ring (bicyclic) bond motifs is 1. The van der Waals surface area contributed by atoms with Gasteiger partial charge in [0.1, 0.15) is 0 Å². The quantitative estimate of drug-likeness (QED) is 0.925. The molecule has 0 spiro atoms. The molecule has 1 amide bonds. The number of nitrogens with zero attached hydrogens (tertiary/aromatic N) is 1. The van der Waals surface area contributed by atoms with Gasteiger partial charge in [-0.2, -0.15) is 0 Å². The zero-order valence-corrected chi connectivity index (χ0v) is 11.9. The van der Waals surface area contributed by atoms with Crippen LogP contribution in [0.2, 0.25) is 0 Å². The molecule has 1 N–H and O–H groups in total. The normalized spacial score (nSPS) is 20.7. The van der Waals surface area contributed by atoms with E-state index < -0.39 is 11.9 Å². The van der Waals surface area contributed by atoms with E-state index >= 15 is 0 Å². The number of rotatable bonds is 2.